The third kappa shape index (κ3) is 1.85. The summed E-state index contributed by atoms with van der Waals surface area (Å²) in [5, 5.41) is 21.9. The van der Waals surface area contributed by atoms with Crippen LogP contribution in [0.3, 0.4) is 0 Å². The van der Waals surface area contributed by atoms with E-state index in [2.05, 4.69) is 6.92 Å². The molecule has 4 aliphatic rings. The summed E-state index contributed by atoms with van der Waals surface area (Å²) < 4.78 is 0. The first-order valence-electron chi connectivity index (χ1n) is 9.16. The minimum absolute atomic E-state index is 0.0306. The van der Waals surface area contributed by atoms with Crippen molar-refractivity contribution in [2.24, 2.45) is 28.6 Å². The van der Waals surface area contributed by atoms with Gasteiger partial charge in [-0.05, 0) is 55.3 Å². The van der Waals surface area contributed by atoms with Gasteiger partial charge in [-0.3, -0.25) is 9.59 Å². The zero-order valence-electron chi connectivity index (χ0n) is 14.2. The summed E-state index contributed by atoms with van der Waals surface area (Å²) in [5.41, 5.74) is -1.94. The van der Waals surface area contributed by atoms with Crippen LogP contribution < -0.4 is 0 Å². The summed E-state index contributed by atoms with van der Waals surface area (Å²) in [5.74, 6) is 0.538. The topological polar surface area (TPSA) is 74.6 Å². The SMILES string of the molecule is C[C@]12CC(=O)[C@@]3(O)[C@H](CC[C@H]4CC(=O)CC[C@@]43C)[C@@H]1C[C@H](O)C2. The first-order chi connectivity index (χ1) is 10.7. The number of rotatable bonds is 0. The number of carbonyl (C=O) groups is 2. The van der Waals surface area contributed by atoms with Crippen LogP contribution in [-0.2, 0) is 9.59 Å². The fourth-order valence-electron chi connectivity index (χ4n) is 6.86. The molecule has 128 valence electrons. The van der Waals surface area contributed by atoms with Crippen LogP contribution in [0.4, 0.5) is 0 Å². The highest BCUT2D eigenvalue weighted by molar-refractivity contribution is 5.91. The lowest BCUT2D eigenvalue weighted by Crippen LogP contribution is -2.69. The van der Waals surface area contributed by atoms with E-state index in [4.69, 9.17) is 0 Å². The van der Waals surface area contributed by atoms with Gasteiger partial charge >= 0.3 is 0 Å². The maximum atomic E-state index is 13.1. The largest absolute Gasteiger partial charge is 0.393 e. The van der Waals surface area contributed by atoms with Crippen LogP contribution in [0.15, 0.2) is 0 Å². The van der Waals surface area contributed by atoms with E-state index in [0.29, 0.717) is 38.5 Å². The van der Waals surface area contributed by atoms with E-state index in [9.17, 15) is 19.8 Å². The molecule has 0 aromatic heterocycles. The molecule has 0 amide bonds. The molecule has 4 aliphatic carbocycles. The van der Waals surface area contributed by atoms with Crippen molar-refractivity contribution in [1.82, 2.24) is 0 Å². The molecule has 0 aliphatic heterocycles. The van der Waals surface area contributed by atoms with Gasteiger partial charge in [0.1, 0.15) is 11.4 Å². The molecule has 0 aromatic carbocycles. The fourth-order valence-corrected chi connectivity index (χ4v) is 6.86. The van der Waals surface area contributed by atoms with Gasteiger partial charge in [0.05, 0.1) is 6.10 Å². The minimum atomic E-state index is -1.30. The molecule has 23 heavy (non-hydrogen) atoms. The summed E-state index contributed by atoms with van der Waals surface area (Å²) in [6.07, 6.45) is 4.76. The molecule has 4 fully saturated rings. The lowest BCUT2D eigenvalue weighted by atomic mass is 9.42. The zero-order chi connectivity index (χ0) is 16.6. The third-order valence-electron chi connectivity index (χ3n) is 8.13. The highest BCUT2D eigenvalue weighted by Gasteiger charge is 2.69. The first-order valence-corrected chi connectivity index (χ1v) is 9.16. The quantitative estimate of drug-likeness (QED) is 0.718. The normalized spacial score (nSPS) is 56.0. The predicted molar refractivity (Wildman–Crippen MR) is 84.6 cm³/mol. The zero-order valence-corrected chi connectivity index (χ0v) is 14.2. The maximum absolute atomic E-state index is 13.1. The molecule has 0 aromatic rings. The van der Waals surface area contributed by atoms with Crippen LogP contribution in [0.25, 0.3) is 0 Å². The van der Waals surface area contributed by atoms with Crippen LogP contribution >= 0.6 is 0 Å². The van der Waals surface area contributed by atoms with E-state index in [1.54, 1.807) is 0 Å². The number of aliphatic hydroxyl groups is 2. The van der Waals surface area contributed by atoms with Crippen molar-refractivity contribution in [3.05, 3.63) is 0 Å². The predicted octanol–water partition coefficient (Wildman–Crippen LogP) is 2.25. The molecular formula is C19H28O4. The van der Waals surface area contributed by atoms with Crippen molar-refractivity contribution in [2.75, 3.05) is 0 Å². The monoisotopic (exact) mass is 320 g/mol. The van der Waals surface area contributed by atoms with Crippen LogP contribution in [-0.4, -0.2) is 33.5 Å². The second-order valence-corrected chi connectivity index (χ2v) is 9.26. The molecule has 0 unspecified atom stereocenters. The number of ketones is 2. The Bertz CT molecular complexity index is 572. The Labute approximate surface area is 137 Å². The van der Waals surface area contributed by atoms with Crippen LogP contribution in [0.2, 0.25) is 0 Å². The standard InChI is InChI=1S/C19H28O4/c1-17-9-13(21)8-15(17)14-4-3-11-7-12(20)5-6-18(11,2)19(14,23)16(22)10-17/h11,13-15,21,23H,3-10H2,1-2H3/t11-,13-,14+,15-,17-,18-,19-/m0/s1. The van der Waals surface area contributed by atoms with Gasteiger partial charge in [-0.25, -0.2) is 0 Å². The van der Waals surface area contributed by atoms with Crippen molar-refractivity contribution in [3.8, 4) is 0 Å². The Morgan fingerprint density at radius 3 is 2.61 bits per heavy atom. The van der Waals surface area contributed by atoms with E-state index in [-0.39, 0.29) is 40.8 Å². The Kier molecular flexibility index (Phi) is 3.20. The van der Waals surface area contributed by atoms with Gasteiger partial charge in [0, 0.05) is 24.7 Å². The fraction of sp³-hybridized carbons (Fsp3) is 0.895. The number of aliphatic hydroxyl groups excluding tert-OH is 1. The maximum Gasteiger partial charge on any atom is 0.165 e. The summed E-state index contributed by atoms with van der Waals surface area (Å²) in [6.45, 7) is 4.16. The number of hydrogen-bond acceptors (Lipinski definition) is 4. The average molecular weight is 320 g/mol. The van der Waals surface area contributed by atoms with Crippen LogP contribution in [0.5, 0.6) is 0 Å². The van der Waals surface area contributed by atoms with Gasteiger partial charge in [0.15, 0.2) is 5.78 Å². The number of hydrogen-bond donors (Lipinski definition) is 2. The van der Waals surface area contributed by atoms with Crippen molar-refractivity contribution >= 4 is 11.6 Å². The summed E-state index contributed by atoms with van der Waals surface area (Å²) in [4.78, 5) is 25.0. The lowest BCUT2D eigenvalue weighted by Gasteiger charge is -2.63. The summed E-state index contributed by atoms with van der Waals surface area (Å²) >= 11 is 0. The molecule has 4 heteroatoms. The molecule has 0 spiro atoms. The van der Waals surface area contributed by atoms with Gasteiger partial charge in [-0.2, -0.15) is 0 Å². The summed E-state index contributed by atoms with van der Waals surface area (Å²) in [6, 6.07) is 0. The molecular weight excluding hydrogens is 292 g/mol. The molecule has 4 saturated carbocycles. The second kappa shape index (κ2) is 4.66. The highest BCUT2D eigenvalue weighted by Crippen LogP contribution is 2.66. The number of fused-ring (bicyclic) bond motifs is 5. The average Bonchev–Trinajstić information content (AvgIpc) is 2.76. The van der Waals surface area contributed by atoms with Gasteiger partial charge in [-0.1, -0.05) is 13.8 Å². The summed E-state index contributed by atoms with van der Waals surface area (Å²) in [7, 11) is 0. The molecule has 7 atom stereocenters. The van der Waals surface area contributed by atoms with Crippen LogP contribution in [0.1, 0.15) is 65.2 Å². The van der Waals surface area contributed by atoms with Gasteiger partial charge in [-0.15, -0.1) is 0 Å². The van der Waals surface area contributed by atoms with Crippen molar-refractivity contribution < 1.29 is 19.8 Å². The van der Waals surface area contributed by atoms with E-state index in [1.165, 1.54) is 0 Å². The Morgan fingerprint density at radius 2 is 1.87 bits per heavy atom. The minimum Gasteiger partial charge on any atom is -0.393 e. The Hall–Kier alpha value is -0.740. The van der Waals surface area contributed by atoms with E-state index < -0.39 is 11.0 Å². The highest BCUT2D eigenvalue weighted by atomic mass is 16.3. The Balaban J connectivity index is 1.77. The third-order valence-corrected chi connectivity index (χ3v) is 8.13. The smallest absolute Gasteiger partial charge is 0.165 e. The van der Waals surface area contributed by atoms with Crippen molar-refractivity contribution in [2.45, 2.75) is 76.9 Å². The number of Topliss-reactive ketones (excluding diaryl/α,β-unsaturated/α-hetero) is 2. The van der Waals surface area contributed by atoms with Gasteiger partial charge in [0.25, 0.3) is 0 Å². The molecule has 0 saturated heterocycles. The molecule has 0 radical (unpaired) electrons. The van der Waals surface area contributed by atoms with Crippen LogP contribution in [0, 0.1) is 28.6 Å². The van der Waals surface area contributed by atoms with Gasteiger partial charge in [0.2, 0.25) is 0 Å². The lowest BCUT2D eigenvalue weighted by molar-refractivity contribution is -0.220. The Morgan fingerprint density at radius 1 is 1.13 bits per heavy atom. The second-order valence-electron chi connectivity index (χ2n) is 9.26. The van der Waals surface area contributed by atoms with Crippen molar-refractivity contribution in [3.63, 3.8) is 0 Å². The van der Waals surface area contributed by atoms with E-state index in [0.717, 1.165) is 12.8 Å². The van der Waals surface area contributed by atoms with E-state index >= 15 is 0 Å². The molecule has 4 nitrogen and oxygen atoms in total. The molecule has 4 rings (SSSR count). The molecule has 0 heterocycles. The molecule has 0 bridgehead atoms. The van der Waals surface area contributed by atoms with E-state index in [1.807, 2.05) is 6.92 Å². The molecule has 2 N–H and O–H groups in total. The number of carbonyl (C=O) groups excluding carboxylic acids is 2. The first kappa shape index (κ1) is 15.8. The van der Waals surface area contributed by atoms with Crippen molar-refractivity contribution in [1.29, 1.82) is 0 Å². The van der Waals surface area contributed by atoms with Gasteiger partial charge < -0.3 is 10.2 Å².